The Kier molecular flexibility index (Phi) is 3.49. The first kappa shape index (κ1) is 14.4. The molecule has 0 saturated carbocycles. The predicted molar refractivity (Wildman–Crippen MR) is 64.3 cm³/mol. The molecule has 1 aliphatic rings. The molecule has 0 aromatic carbocycles. The van der Waals surface area contributed by atoms with Crippen molar-refractivity contribution in [3.63, 3.8) is 0 Å². The number of nitrogens with zero attached hydrogens (tertiary/aromatic N) is 3. The first-order chi connectivity index (χ1) is 9.23. The summed E-state index contributed by atoms with van der Waals surface area (Å²) in [5.41, 5.74) is -0.185. The van der Waals surface area contributed by atoms with Crippen LogP contribution in [0, 0.1) is 0 Å². The summed E-state index contributed by atoms with van der Waals surface area (Å²) < 4.78 is 31.6. The SMILES string of the molecule is CC(C)(C)OC(=O)N1Cc2nc(C=O)n(C(F)F)c2C1. The average molecular weight is 287 g/mol. The van der Waals surface area contributed by atoms with E-state index in [0.717, 1.165) is 0 Å². The lowest BCUT2D eigenvalue weighted by Crippen LogP contribution is -2.34. The Bertz CT molecular complexity index is 549. The van der Waals surface area contributed by atoms with E-state index in [1.165, 1.54) is 4.90 Å². The number of amides is 1. The molecule has 0 bridgehead atoms. The van der Waals surface area contributed by atoms with Crippen LogP contribution in [0.2, 0.25) is 0 Å². The van der Waals surface area contributed by atoms with Gasteiger partial charge in [-0.15, -0.1) is 0 Å². The fourth-order valence-corrected chi connectivity index (χ4v) is 2.00. The lowest BCUT2D eigenvalue weighted by molar-refractivity contribution is 0.0221. The van der Waals surface area contributed by atoms with E-state index in [0.29, 0.717) is 10.3 Å². The normalized spacial score (nSPS) is 14.6. The fraction of sp³-hybridized carbons (Fsp3) is 0.583. The first-order valence-corrected chi connectivity index (χ1v) is 6.04. The van der Waals surface area contributed by atoms with Crippen LogP contribution in [0.5, 0.6) is 0 Å². The molecule has 2 rings (SSSR count). The standard InChI is InChI=1S/C12H15F2N3O3/c1-12(2,3)20-11(19)16-4-7-8(5-16)17(10(13)14)9(6-18)15-7/h6,10H,4-5H2,1-3H3. The maximum Gasteiger partial charge on any atom is 0.410 e. The van der Waals surface area contributed by atoms with Crippen molar-refractivity contribution in [2.45, 2.75) is 46.0 Å². The maximum atomic E-state index is 12.9. The Balaban J connectivity index is 2.20. The van der Waals surface area contributed by atoms with Gasteiger partial charge in [0.05, 0.1) is 24.5 Å². The van der Waals surface area contributed by atoms with Crippen LogP contribution in [0.3, 0.4) is 0 Å². The van der Waals surface area contributed by atoms with Crippen molar-refractivity contribution in [1.29, 1.82) is 0 Å². The number of aldehydes is 1. The van der Waals surface area contributed by atoms with Gasteiger partial charge in [0, 0.05) is 0 Å². The maximum absolute atomic E-state index is 12.9. The molecule has 0 N–H and O–H groups in total. The Morgan fingerprint density at radius 1 is 1.40 bits per heavy atom. The van der Waals surface area contributed by atoms with Gasteiger partial charge in [-0.05, 0) is 20.8 Å². The molecule has 8 heteroatoms. The largest absolute Gasteiger partial charge is 0.444 e. The van der Waals surface area contributed by atoms with Crippen molar-refractivity contribution in [3.8, 4) is 0 Å². The number of alkyl halides is 2. The van der Waals surface area contributed by atoms with E-state index in [9.17, 15) is 18.4 Å². The highest BCUT2D eigenvalue weighted by Crippen LogP contribution is 2.28. The molecule has 0 radical (unpaired) electrons. The van der Waals surface area contributed by atoms with Crippen LogP contribution >= 0.6 is 0 Å². The minimum absolute atomic E-state index is 0.0462. The van der Waals surface area contributed by atoms with Gasteiger partial charge in [-0.2, -0.15) is 8.78 Å². The summed E-state index contributed by atoms with van der Waals surface area (Å²) in [6, 6.07) is 0. The van der Waals surface area contributed by atoms with Crippen molar-refractivity contribution in [1.82, 2.24) is 14.5 Å². The second kappa shape index (κ2) is 4.84. The van der Waals surface area contributed by atoms with Gasteiger partial charge in [-0.25, -0.2) is 9.78 Å². The summed E-state index contributed by atoms with van der Waals surface area (Å²) in [7, 11) is 0. The molecule has 0 saturated heterocycles. The van der Waals surface area contributed by atoms with Gasteiger partial charge in [-0.1, -0.05) is 0 Å². The molecule has 110 valence electrons. The van der Waals surface area contributed by atoms with Crippen molar-refractivity contribution in [3.05, 3.63) is 17.2 Å². The summed E-state index contributed by atoms with van der Waals surface area (Å²) in [5, 5.41) is 0. The number of imidazole rings is 1. The number of hydrogen-bond donors (Lipinski definition) is 0. The van der Waals surface area contributed by atoms with E-state index < -0.39 is 18.2 Å². The Morgan fingerprint density at radius 2 is 2.05 bits per heavy atom. The quantitative estimate of drug-likeness (QED) is 0.783. The Hall–Kier alpha value is -1.99. The smallest absolute Gasteiger partial charge is 0.410 e. The van der Waals surface area contributed by atoms with Crippen LogP contribution in [-0.4, -0.2) is 32.4 Å². The summed E-state index contributed by atoms with van der Waals surface area (Å²) >= 11 is 0. The summed E-state index contributed by atoms with van der Waals surface area (Å²) in [6.45, 7) is 2.30. The zero-order valence-electron chi connectivity index (χ0n) is 11.4. The van der Waals surface area contributed by atoms with E-state index in [-0.39, 0.29) is 30.9 Å². The molecular weight excluding hydrogens is 272 g/mol. The molecule has 0 spiro atoms. The van der Waals surface area contributed by atoms with Gasteiger partial charge in [0.15, 0.2) is 12.1 Å². The van der Waals surface area contributed by atoms with Crippen molar-refractivity contribution >= 4 is 12.4 Å². The number of ether oxygens (including phenoxy) is 1. The van der Waals surface area contributed by atoms with Crippen LogP contribution in [0.1, 0.15) is 49.3 Å². The number of carbonyl (C=O) groups excluding carboxylic acids is 2. The van der Waals surface area contributed by atoms with Crippen LogP contribution in [-0.2, 0) is 17.8 Å². The number of fused-ring (bicyclic) bond motifs is 1. The minimum atomic E-state index is -2.87. The zero-order valence-corrected chi connectivity index (χ0v) is 11.4. The molecule has 0 fully saturated rings. The molecule has 6 nitrogen and oxygen atoms in total. The predicted octanol–water partition coefficient (Wildman–Crippen LogP) is 2.34. The molecule has 1 aromatic rings. The first-order valence-electron chi connectivity index (χ1n) is 6.04. The highest BCUT2D eigenvalue weighted by Gasteiger charge is 2.34. The van der Waals surface area contributed by atoms with E-state index in [2.05, 4.69) is 4.98 Å². The van der Waals surface area contributed by atoms with Gasteiger partial charge in [-0.3, -0.25) is 14.3 Å². The second-order valence-corrected chi connectivity index (χ2v) is 5.47. The van der Waals surface area contributed by atoms with Crippen molar-refractivity contribution in [2.24, 2.45) is 0 Å². The zero-order chi connectivity index (χ0) is 15.1. The topological polar surface area (TPSA) is 64.4 Å². The molecule has 1 aromatic heterocycles. The highest BCUT2D eigenvalue weighted by molar-refractivity contribution is 5.72. The van der Waals surface area contributed by atoms with Gasteiger partial charge >= 0.3 is 12.6 Å². The molecule has 0 unspecified atom stereocenters. The number of carbonyl (C=O) groups is 2. The van der Waals surface area contributed by atoms with Gasteiger partial charge in [0.25, 0.3) is 0 Å². The number of rotatable bonds is 2. The fourth-order valence-electron chi connectivity index (χ4n) is 2.00. The molecule has 1 aliphatic heterocycles. The molecule has 20 heavy (non-hydrogen) atoms. The molecule has 0 atom stereocenters. The van der Waals surface area contributed by atoms with E-state index in [1.54, 1.807) is 20.8 Å². The van der Waals surface area contributed by atoms with E-state index >= 15 is 0 Å². The monoisotopic (exact) mass is 287 g/mol. The number of aromatic nitrogens is 2. The number of halogens is 2. The molecule has 1 amide bonds. The van der Waals surface area contributed by atoms with Crippen LogP contribution in [0.25, 0.3) is 0 Å². The molecule has 2 heterocycles. The summed E-state index contributed by atoms with van der Waals surface area (Å²) in [4.78, 5) is 27.7. The van der Waals surface area contributed by atoms with Gasteiger partial charge in [0.1, 0.15) is 5.60 Å². The Labute approximate surface area is 114 Å². The van der Waals surface area contributed by atoms with Crippen molar-refractivity contribution < 1.29 is 23.1 Å². The highest BCUT2D eigenvalue weighted by atomic mass is 19.3. The Morgan fingerprint density at radius 3 is 2.55 bits per heavy atom. The van der Waals surface area contributed by atoms with Crippen LogP contribution < -0.4 is 0 Å². The summed E-state index contributed by atoms with van der Waals surface area (Å²) in [5.74, 6) is -0.325. The van der Waals surface area contributed by atoms with Crippen LogP contribution in [0.4, 0.5) is 13.6 Å². The third kappa shape index (κ3) is 2.63. The average Bonchev–Trinajstić information content (AvgIpc) is 2.81. The number of hydrogen-bond acceptors (Lipinski definition) is 4. The minimum Gasteiger partial charge on any atom is -0.444 e. The van der Waals surface area contributed by atoms with E-state index in [4.69, 9.17) is 4.74 Å². The van der Waals surface area contributed by atoms with E-state index in [1.807, 2.05) is 0 Å². The van der Waals surface area contributed by atoms with Crippen LogP contribution in [0.15, 0.2) is 0 Å². The lowest BCUT2D eigenvalue weighted by Gasteiger charge is -2.24. The molecular formula is C12H15F2N3O3. The van der Waals surface area contributed by atoms with Crippen molar-refractivity contribution in [2.75, 3.05) is 0 Å². The third-order valence-corrected chi connectivity index (χ3v) is 2.75. The van der Waals surface area contributed by atoms with Gasteiger partial charge < -0.3 is 4.74 Å². The third-order valence-electron chi connectivity index (χ3n) is 2.75. The van der Waals surface area contributed by atoms with Gasteiger partial charge in [0.2, 0.25) is 0 Å². The summed E-state index contributed by atoms with van der Waals surface area (Å²) in [6.07, 6.45) is -0.313. The lowest BCUT2D eigenvalue weighted by atomic mass is 10.2. The molecule has 0 aliphatic carbocycles. The second-order valence-electron chi connectivity index (χ2n) is 5.47.